The van der Waals surface area contributed by atoms with Crippen LogP contribution in [0.2, 0.25) is 5.02 Å². The summed E-state index contributed by atoms with van der Waals surface area (Å²) in [5.41, 5.74) is 5.35. The van der Waals surface area contributed by atoms with Crippen LogP contribution in [0.4, 0.5) is 9.39 Å². The number of hydrogen-bond donors (Lipinski definition) is 2. The molecule has 1 heterocycles. The highest BCUT2D eigenvalue weighted by Crippen LogP contribution is 2.33. The number of nitrogen functional groups attached to an aromatic ring is 1. The Kier molecular flexibility index (Phi) is 2.99. The molecule has 7 heteroatoms. The molecule has 2 aromatic rings. The summed E-state index contributed by atoms with van der Waals surface area (Å²) in [6, 6.07) is 4.42. The number of aromatic carboxylic acids is 1. The van der Waals surface area contributed by atoms with Gasteiger partial charge in [-0.2, -0.15) is 0 Å². The zero-order valence-corrected chi connectivity index (χ0v) is 9.85. The van der Waals surface area contributed by atoms with Gasteiger partial charge in [-0.05, 0) is 12.1 Å². The van der Waals surface area contributed by atoms with Crippen molar-refractivity contribution < 1.29 is 14.3 Å². The molecule has 0 fully saturated rings. The van der Waals surface area contributed by atoms with Gasteiger partial charge in [-0.3, -0.25) is 0 Å². The van der Waals surface area contributed by atoms with E-state index < -0.39 is 11.8 Å². The molecule has 0 spiro atoms. The molecular formula is C10H6ClFN2O2S. The van der Waals surface area contributed by atoms with E-state index in [9.17, 15) is 9.18 Å². The topological polar surface area (TPSA) is 76.2 Å². The van der Waals surface area contributed by atoms with E-state index in [2.05, 4.69) is 4.98 Å². The molecule has 4 nitrogen and oxygen atoms in total. The molecule has 0 aliphatic heterocycles. The molecule has 2 rings (SSSR count). The SMILES string of the molecule is Nc1sc(-c2cccc(Cl)c2F)nc1C(=O)O. The number of carboxylic acid groups (broad SMARTS) is 1. The van der Waals surface area contributed by atoms with Crippen LogP contribution in [-0.2, 0) is 0 Å². The Bertz CT molecular complexity index is 600. The number of thiazole rings is 1. The standard InChI is InChI=1S/C10H6ClFN2O2S/c11-5-3-1-2-4(6(5)12)9-14-7(10(15)16)8(13)17-9/h1-3H,13H2,(H,15,16). The van der Waals surface area contributed by atoms with Crippen LogP contribution in [0.25, 0.3) is 10.6 Å². The summed E-state index contributed by atoms with van der Waals surface area (Å²) >= 11 is 6.53. The fourth-order valence-electron chi connectivity index (χ4n) is 1.27. The van der Waals surface area contributed by atoms with Crippen molar-refractivity contribution in [1.29, 1.82) is 0 Å². The van der Waals surface area contributed by atoms with Gasteiger partial charge in [-0.25, -0.2) is 14.2 Å². The Morgan fingerprint density at radius 1 is 1.53 bits per heavy atom. The number of aromatic nitrogens is 1. The second kappa shape index (κ2) is 4.31. The van der Waals surface area contributed by atoms with E-state index in [1.807, 2.05) is 0 Å². The lowest BCUT2D eigenvalue weighted by atomic mass is 10.2. The number of carboxylic acids is 1. The maximum absolute atomic E-state index is 13.7. The van der Waals surface area contributed by atoms with Crippen LogP contribution >= 0.6 is 22.9 Å². The van der Waals surface area contributed by atoms with Gasteiger partial charge in [0.1, 0.15) is 10.0 Å². The molecule has 0 saturated heterocycles. The number of hydrogen-bond acceptors (Lipinski definition) is 4. The lowest BCUT2D eigenvalue weighted by molar-refractivity contribution is 0.0692. The monoisotopic (exact) mass is 272 g/mol. The average Bonchev–Trinajstić information content (AvgIpc) is 2.64. The van der Waals surface area contributed by atoms with Crippen molar-refractivity contribution in [3.63, 3.8) is 0 Å². The molecule has 0 amide bonds. The molecule has 3 N–H and O–H groups in total. The molecular weight excluding hydrogens is 267 g/mol. The highest BCUT2D eigenvalue weighted by atomic mass is 35.5. The van der Waals surface area contributed by atoms with Crippen molar-refractivity contribution in [2.45, 2.75) is 0 Å². The second-order valence-electron chi connectivity index (χ2n) is 3.14. The first-order chi connectivity index (χ1) is 8.00. The molecule has 0 aliphatic carbocycles. The van der Waals surface area contributed by atoms with Crippen molar-refractivity contribution in [3.05, 3.63) is 34.7 Å². The lowest BCUT2D eigenvalue weighted by Crippen LogP contribution is -2.00. The maximum atomic E-state index is 13.7. The van der Waals surface area contributed by atoms with E-state index in [4.69, 9.17) is 22.4 Å². The Hall–Kier alpha value is -1.66. The number of benzene rings is 1. The van der Waals surface area contributed by atoms with Crippen LogP contribution in [0.3, 0.4) is 0 Å². The Morgan fingerprint density at radius 2 is 2.24 bits per heavy atom. The van der Waals surface area contributed by atoms with Gasteiger partial charge in [0.25, 0.3) is 0 Å². The third-order valence-corrected chi connectivity index (χ3v) is 3.25. The van der Waals surface area contributed by atoms with E-state index in [1.54, 1.807) is 6.07 Å². The fourth-order valence-corrected chi connectivity index (χ4v) is 2.29. The highest BCUT2D eigenvalue weighted by molar-refractivity contribution is 7.19. The summed E-state index contributed by atoms with van der Waals surface area (Å²) in [6.45, 7) is 0. The summed E-state index contributed by atoms with van der Waals surface area (Å²) in [6.07, 6.45) is 0. The van der Waals surface area contributed by atoms with Crippen LogP contribution in [0, 0.1) is 5.82 Å². The maximum Gasteiger partial charge on any atom is 0.357 e. The van der Waals surface area contributed by atoms with Gasteiger partial charge in [-0.1, -0.05) is 29.0 Å². The molecule has 88 valence electrons. The van der Waals surface area contributed by atoms with E-state index >= 15 is 0 Å². The molecule has 0 aliphatic rings. The van der Waals surface area contributed by atoms with Crippen molar-refractivity contribution in [1.82, 2.24) is 4.98 Å². The Balaban J connectivity index is 2.58. The van der Waals surface area contributed by atoms with Crippen molar-refractivity contribution in [3.8, 4) is 10.6 Å². The minimum absolute atomic E-state index is 0.0341. The molecule has 0 unspecified atom stereocenters. The zero-order chi connectivity index (χ0) is 12.6. The highest BCUT2D eigenvalue weighted by Gasteiger charge is 2.18. The molecule has 1 aromatic carbocycles. The summed E-state index contributed by atoms with van der Waals surface area (Å²) in [4.78, 5) is 14.5. The fraction of sp³-hybridized carbons (Fsp3) is 0. The van der Waals surface area contributed by atoms with Crippen LogP contribution in [0.15, 0.2) is 18.2 Å². The number of anilines is 1. The largest absolute Gasteiger partial charge is 0.476 e. The quantitative estimate of drug-likeness (QED) is 0.881. The van der Waals surface area contributed by atoms with Crippen LogP contribution in [-0.4, -0.2) is 16.1 Å². The summed E-state index contributed by atoms with van der Waals surface area (Å²) in [5, 5.41) is 8.97. The van der Waals surface area contributed by atoms with E-state index in [-0.39, 0.29) is 26.3 Å². The molecule has 1 aromatic heterocycles. The molecule has 0 atom stereocenters. The van der Waals surface area contributed by atoms with Crippen LogP contribution < -0.4 is 5.73 Å². The predicted molar refractivity (Wildman–Crippen MR) is 63.9 cm³/mol. The Morgan fingerprint density at radius 3 is 2.82 bits per heavy atom. The number of rotatable bonds is 2. The van der Waals surface area contributed by atoms with Gasteiger partial charge >= 0.3 is 5.97 Å². The third-order valence-electron chi connectivity index (χ3n) is 2.04. The Labute approximate surface area is 104 Å². The summed E-state index contributed by atoms with van der Waals surface area (Å²) in [5.74, 6) is -1.88. The number of nitrogens with two attached hydrogens (primary N) is 1. The van der Waals surface area contributed by atoms with Crippen molar-refractivity contribution in [2.75, 3.05) is 5.73 Å². The van der Waals surface area contributed by atoms with Crippen LogP contribution in [0.1, 0.15) is 10.5 Å². The minimum Gasteiger partial charge on any atom is -0.476 e. The average molecular weight is 273 g/mol. The van der Waals surface area contributed by atoms with Gasteiger partial charge < -0.3 is 10.8 Å². The van der Waals surface area contributed by atoms with Crippen LogP contribution in [0.5, 0.6) is 0 Å². The van der Waals surface area contributed by atoms with Gasteiger partial charge in [0.2, 0.25) is 0 Å². The first-order valence-electron chi connectivity index (χ1n) is 4.44. The first kappa shape index (κ1) is 11.8. The molecule has 0 radical (unpaired) electrons. The van der Waals surface area contributed by atoms with Gasteiger partial charge in [-0.15, -0.1) is 0 Å². The smallest absolute Gasteiger partial charge is 0.357 e. The lowest BCUT2D eigenvalue weighted by Gasteiger charge is -1.99. The van der Waals surface area contributed by atoms with E-state index in [1.165, 1.54) is 12.1 Å². The minimum atomic E-state index is -1.24. The molecule has 0 saturated carbocycles. The van der Waals surface area contributed by atoms with Crippen molar-refractivity contribution in [2.24, 2.45) is 0 Å². The number of halogens is 2. The second-order valence-corrected chi connectivity index (χ2v) is 4.58. The van der Waals surface area contributed by atoms with Crippen molar-refractivity contribution >= 4 is 33.9 Å². The number of carbonyl (C=O) groups is 1. The zero-order valence-electron chi connectivity index (χ0n) is 8.28. The molecule has 0 bridgehead atoms. The molecule has 17 heavy (non-hydrogen) atoms. The van der Waals surface area contributed by atoms with E-state index in [0.717, 1.165) is 11.3 Å². The third kappa shape index (κ3) is 2.09. The summed E-state index contributed by atoms with van der Waals surface area (Å²) < 4.78 is 13.7. The first-order valence-corrected chi connectivity index (χ1v) is 5.64. The predicted octanol–water partition coefficient (Wildman–Crippen LogP) is 2.88. The van der Waals surface area contributed by atoms with Gasteiger partial charge in [0.15, 0.2) is 11.5 Å². The summed E-state index contributed by atoms with van der Waals surface area (Å²) in [7, 11) is 0. The number of nitrogens with zero attached hydrogens (tertiary/aromatic N) is 1. The van der Waals surface area contributed by atoms with Gasteiger partial charge in [0, 0.05) is 5.56 Å². The normalized spacial score (nSPS) is 10.5. The van der Waals surface area contributed by atoms with E-state index in [0.29, 0.717) is 0 Å². The van der Waals surface area contributed by atoms with Gasteiger partial charge in [0.05, 0.1) is 5.02 Å².